The summed E-state index contributed by atoms with van der Waals surface area (Å²) in [6.07, 6.45) is 5.11. The molecule has 1 aliphatic heterocycles. The van der Waals surface area contributed by atoms with Gasteiger partial charge < -0.3 is 10.2 Å². The molecule has 1 aliphatic rings. The van der Waals surface area contributed by atoms with Crippen LogP contribution in [-0.2, 0) is 4.79 Å². The maximum absolute atomic E-state index is 12.5. The molecule has 0 unspecified atom stereocenters. The smallest absolute Gasteiger partial charge is 0.227 e. The second kappa shape index (κ2) is 7.99. The van der Waals surface area contributed by atoms with Gasteiger partial charge in [-0.1, -0.05) is 48.5 Å². The highest BCUT2D eigenvalue weighted by Crippen LogP contribution is 2.31. The Hall–Kier alpha value is -3.21. The van der Waals surface area contributed by atoms with Crippen LogP contribution in [0.2, 0.25) is 0 Å². The summed E-state index contributed by atoms with van der Waals surface area (Å²) in [5, 5.41) is 3.02. The van der Waals surface area contributed by atoms with Crippen molar-refractivity contribution in [2.24, 2.45) is 5.92 Å². The molecule has 1 saturated heterocycles. The van der Waals surface area contributed by atoms with Crippen molar-refractivity contribution >= 4 is 17.3 Å². The van der Waals surface area contributed by atoms with E-state index >= 15 is 0 Å². The normalized spacial score (nSPS) is 14.7. The molecule has 4 rings (SSSR count). The van der Waals surface area contributed by atoms with E-state index in [2.05, 4.69) is 32.3 Å². The zero-order valence-corrected chi connectivity index (χ0v) is 15.1. The fourth-order valence-electron chi connectivity index (χ4n) is 3.52. The molecule has 27 heavy (non-hydrogen) atoms. The van der Waals surface area contributed by atoms with Crippen molar-refractivity contribution in [3.8, 4) is 11.3 Å². The molecule has 0 aliphatic carbocycles. The van der Waals surface area contributed by atoms with Crippen LogP contribution in [0.5, 0.6) is 0 Å². The number of carbonyl (C=O) groups is 1. The third kappa shape index (κ3) is 3.97. The number of piperidine rings is 1. The fraction of sp³-hybridized carbons (Fsp3) is 0.227. The van der Waals surface area contributed by atoms with Gasteiger partial charge in [0, 0.05) is 30.3 Å². The summed E-state index contributed by atoms with van der Waals surface area (Å²) in [7, 11) is 0. The van der Waals surface area contributed by atoms with E-state index < -0.39 is 0 Å². The van der Waals surface area contributed by atoms with Crippen LogP contribution in [-0.4, -0.2) is 29.0 Å². The molecule has 5 heteroatoms. The molecule has 2 aromatic carbocycles. The standard InChI is InChI=1S/C22H22N4O/c27-22(25-19-9-5-2-6-10-19)18-11-13-26(14-12-18)20-15-23-16-24-21(20)17-7-3-1-4-8-17/h1-10,15-16,18H,11-14H2,(H,25,27). The van der Waals surface area contributed by atoms with Crippen molar-refractivity contribution in [3.63, 3.8) is 0 Å². The predicted molar refractivity (Wildman–Crippen MR) is 107 cm³/mol. The number of hydrogen-bond acceptors (Lipinski definition) is 4. The van der Waals surface area contributed by atoms with Crippen molar-refractivity contribution in [2.45, 2.75) is 12.8 Å². The lowest BCUT2D eigenvalue weighted by Gasteiger charge is -2.33. The molecule has 1 amide bonds. The van der Waals surface area contributed by atoms with E-state index in [0.717, 1.165) is 48.6 Å². The molecule has 0 spiro atoms. The minimum atomic E-state index is 0.0336. The summed E-state index contributed by atoms with van der Waals surface area (Å²) in [6.45, 7) is 1.64. The third-order valence-electron chi connectivity index (χ3n) is 4.99. The quantitative estimate of drug-likeness (QED) is 0.766. The largest absolute Gasteiger partial charge is 0.368 e. The first kappa shape index (κ1) is 17.2. The summed E-state index contributed by atoms with van der Waals surface area (Å²) < 4.78 is 0. The zero-order chi connectivity index (χ0) is 18.5. The zero-order valence-electron chi connectivity index (χ0n) is 15.1. The number of hydrogen-bond donors (Lipinski definition) is 1. The SMILES string of the molecule is O=C(Nc1ccccc1)C1CCN(c2cncnc2-c2ccccc2)CC1. The second-order valence-electron chi connectivity index (χ2n) is 6.74. The van der Waals surface area contributed by atoms with E-state index in [0.29, 0.717) is 0 Å². The molecular weight excluding hydrogens is 336 g/mol. The van der Waals surface area contributed by atoms with Crippen LogP contribution in [0.15, 0.2) is 73.2 Å². The fourth-order valence-corrected chi connectivity index (χ4v) is 3.52. The topological polar surface area (TPSA) is 58.1 Å². The first-order chi connectivity index (χ1) is 13.3. The summed E-state index contributed by atoms with van der Waals surface area (Å²) in [6, 6.07) is 19.8. The van der Waals surface area contributed by atoms with E-state index in [-0.39, 0.29) is 11.8 Å². The van der Waals surface area contributed by atoms with Gasteiger partial charge in [0.2, 0.25) is 5.91 Å². The van der Waals surface area contributed by atoms with Gasteiger partial charge in [0.05, 0.1) is 17.6 Å². The molecule has 0 saturated carbocycles. The molecule has 1 aromatic heterocycles. The molecule has 0 radical (unpaired) electrons. The minimum absolute atomic E-state index is 0.0336. The third-order valence-corrected chi connectivity index (χ3v) is 4.99. The first-order valence-electron chi connectivity index (χ1n) is 9.27. The van der Waals surface area contributed by atoms with Gasteiger partial charge in [0.15, 0.2) is 0 Å². The van der Waals surface area contributed by atoms with E-state index in [9.17, 15) is 4.79 Å². The number of rotatable bonds is 4. The van der Waals surface area contributed by atoms with Gasteiger partial charge in [0.1, 0.15) is 6.33 Å². The number of aromatic nitrogens is 2. The molecule has 0 bridgehead atoms. The van der Waals surface area contributed by atoms with Crippen molar-refractivity contribution < 1.29 is 4.79 Å². The molecule has 2 heterocycles. The van der Waals surface area contributed by atoms with Crippen LogP contribution >= 0.6 is 0 Å². The van der Waals surface area contributed by atoms with Crippen molar-refractivity contribution in [1.29, 1.82) is 0 Å². The van der Waals surface area contributed by atoms with E-state index in [1.807, 2.05) is 54.7 Å². The van der Waals surface area contributed by atoms with Crippen LogP contribution < -0.4 is 10.2 Å². The Bertz CT molecular complexity index is 890. The van der Waals surface area contributed by atoms with Crippen LogP contribution in [0.3, 0.4) is 0 Å². The Morgan fingerprint density at radius 1 is 0.963 bits per heavy atom. The molecule has 136 valence electrons. The Morgan fingerprint density at radius 2 is 1.63 bits per heavy atom. The first-order valence-corrected chi connectivity index (χ1v) is 9.27. The lowest BCUT2D eigenvalue weighted by molar-refractivity contribution is -0.120. The molecule has 1 fully saturated rings. The molecule has 1 N–H and O–H groups in total. The highest BCUT2D eigenvalue weighted by molar-refractivity contribution is 5.92. The van der Waals surface area contributed by atoms with E-state index in [1.165, 1.54) is 0 Å². The Balaban J connectivity index is 1.44. The Kier molecular flexibility index (Phi) is 5.10. The molecule has 0 atom stereocenters. The summed E-state index contributed by atoms with van der Waals surface area (Å²) in [5.41, 5.74) is 3.91. The van der Waals surface area contributed by atoms with Gasteiger partial charge in [-0.15, -0.1) is 0 Å². The van der Waals surface area contributed by atoms with Gasteiger partial charge >= 0.3 is 0 Å². The number of nitrogens with one attached hydrogen (secondary N) is 1. The van der Waals surface area contributed by atoms with Crippen molar-refractivity contribution in [2.75, 3.05) is 23.3 Å². The number of nitrogens with zero attached hydrogens (tertiary/aromatic N) is 3. The van der Waals surface area contributed by atoms with Crippen LogP contribution in [0.25, 0.3) is 11.3 Å². The molecular formula is C22H22N4O. The van der Waals surface area contributed by atoms with Crippen LogP contribution in [0.1, 0.15) is 12.8 Å². The van der Waals surface area contributed by atoms with Gasteiger partial charge in [0.25, 0.3) is 0 Å². The van der Waals surface area contributed by atoms with Gasteiger partial charge in [-0.05, 0) is 25.0 Å². The predicted octanol–water partition coefficient (Wildman–Crippen LogP) is 4.00. The number of benzene rings is 2. The number of para-hydroxylation sites is 1. The second-order valence-corrected chi connectivity index (χ2v) is 6.74. The lowest BCUT2D eigenvalue weighted by atomic mass is 9.95. The average Bonchev–Trinajstić information content (AvgIpc) is 2.75. The average molecular weight is 358 g/mol. The Labute approximate surface area is 159 Å². The maximum Gasteiger partial charge on any atom is 0.227 e. The summed E-state index contributed by atoms with van der Waals surface area (Å²) >= 11 is 0. The monoisotopic (exact) mass is 358 g/mol. The molecule has 3 aromatic rings. The number of anilines is 2. The molecule has 5 nitrogen and oxygen atoms in total. The summed E-state index contributed by atoms with van der Waals surface area (Å²) in [5.74, 6) is 0.139. The highest BCUT2D eigenvalue weighted by atomic mass is 16.1. The van der Waals surface area contributed by atoms with Crippen LogP contribution in [0.4, 0.5) is 11.4 Å². The highest BCUT2D eigenvalue weighted by Gasteiger charge is 2.26. The summed E-state index contributed by atoms with van der Waals surface area (Å²) in [4.78, 5) is 23.6. The number of carbonyl (C=O) groups excluding carboxylic acids is 1. The van der Waals surface area contributed by atoms with Gasteiger partial charge in [-0.2, -0.15) is 0 Å². The minimum Gasteiger partial charge on any atom is -0.368 e. The lowest BCUT2D eigenvalue weighted by Crippen LogP contribution is -2.38. The number of amides is 1. The van der Waals surface area contributed by atoms with Crippen LogP contribution in [0, 0.1) is 5.92 Å². The van der Waals surface area contributed by atoms with E-state index in [1.54, 1.807) is 6.33 Å². The van der Waals surface area contributed by atoms with E-state index in [4.69, 9.17) is 0 Å². The van der Waals surface area contributed by atoms with Crippen molar-refractivity contribution in [3.05, 3.63) is 73.2 Å². The Morgan fingerprint density at radius 3 is 2.33 bits per heavy atom. The van der Waals surface area contributed by atoms with Gasteiger partial charge in [-0.25, -0.2) is 9.97 Å². The van der Waals surface area contributed by atoms with Crippen molar-refractivity contribution in [1.82, 2.24) is 9.97 Å². The van der Waals surface area contributed by atoms with Gasteiger partial charge in [-0.3, -0.25) is 4.79 Å². The maximum atomic E-state index is 12.5.